The first kappa shape index (κ1) is 16.9. The molecule has 0 bridgehead atoms. The topological polar surface area (TPSA) is 52.7 Å². The van der Waals surface area contributed by atoms with Crippen molar-refractivity contribution < 1.29 is 8.42 Å². The summed E-state index contributed by atoms with van der Waals surface area (Å²) >= 11 is 0. The van der Waals surface area contributed by atoms with Gasteiger partial charge in [0.25, 0.3) is 10.2 Å². The molecule has 0 atom stereocenters. The number of hydrogen-bond donors (Lipinski definition) is 1. The van der Waals surface area contributed by atoms with E-state index in [4.69, 9.17) is 0 Å². The second kappa shape index (κ2) is 8.19. The average Bonchev–Trinajstić information content (AvgIpc) is 3.18. The smallest absolute Gasteiger partial charge is 0.281 e. The summed E-state index contributed by atoms with van der Waals surface area (Å²) < 4.78 is 27.3. The molecule has 0 unspecified atom stereocenters. The van der Waals surface area contributed by atoms with Crippen LogP contribution in [0.15, 0.2) is 0 Å². The third-order valence-corrected chi connectivity index (χ3v) is 5.47. The molecule has 0 aromatic heterocycles. The molecule has 0 radical (unpaired) electrons. The molecule has 114 valence electrons. The van der Waals surface area contributed by atoms with E-state index in [2.05, 4.69) is 12.2 Å². The van der Waals surface area contributed by atoms with Gasteiger partial charge in [0.05, 0.1) is 0 Å². The van der Waals surface area contributed by atoms with Gasteiger partial charge in [-0.1, -0.05) is 19.8 Å². The highest BCUT2D eigenvalue weighted by Crippen LogP contribution is 2.18. The van der Waals surface area contributed by atoms with Crippen LogP contribution in [0.2, 0.25) is 0 Å². The monoisotopic (exact) mass is 291 g/mol. The van der Waals surface area contributed by atoms with Crippen molar-refractivity contribution in [3.05, 3.63) is 0 Å². The van der Waals surface area contributed by atoms with Gasteiger partial charge in [-0.2, -0.15) is 17.0 Å². The van der Waals surface area contributed by atoms with Crippen molar-refractivity contribution in [2.75, 3.05) is 33.7 Å². The van der Waals surface area contributed by atoms with Crippen LogP contribution in [0.1, 0.15) is 45.4 Å². The first-order valence-corrected chi connectivity index (χ1v) is 8.79. The Hall–Kier alpha value is -0.170. The van der Waals surface area contributed by atoms with Crippen molar-refractivity contribution in [1.29, 1.82) is 0 Å². The molecule has 1 aliphatic rings. The molecule has 6 heteroatoms. The number of rotatable bonds is 11. The van der Waals surface area contributed by atoms with Gasteiger partial charge in [-0.05, 0) is 32.2 Å². The Morgan fingerprint density at radius 3 is 2.16 bits per heavy atom. The molecule has 19 heavy (non-hydrogen) atoms. The molecule has 0 aliphatic heterocycles. The van der Waals surface area contributed by atoms with Crippen LogP contribution in [0.3, 0.4) is 0 Å². The van der Waals surface area contributed by atoms with E-state index in [0.29, 0.717) is 19.1 Å². The van der Waals surface area contributed by atoms with Crippen molar-refractivity contribution in [1.82, 2.24) is 13.9 Å². The van der Waals surface area contributed by atoms with Crippen molar-refractivity contribution in [2.45, 2.75) is 51.5 Å². The molecule has 0 spiro atoms. The molecule has 5 nitrogen and oxygen atoms in total. The largest absolute Gasteiger partial charge is 0.314 e. The second-order valence-electron chi connectivity index (χ2n) is 5.44. The van der Waals surface area contributed by atoms with Crippen LogP contribution in [-0.4, -0.2) is 56.8 Å². The summed E-state index contributed by atoms with van der Waals surface area (Å²) in [5.41, 5.74) is 0. The Bertz CT molecular complexity index is 342. The fraction of sp³-hybridized carbons (Fsp3) is 1.00. The van der Waals surface area contributed by atoms with Crippen LogP contribution in [-0.2, 0) is 10.2 Å². The Morgan fingerprint density at radius 2 is 1.63 bits per heavy atom. The van der Waals surface area contributed by atoms with Gasteiger partial charge in [-0.15, -0.1) is 0 Å². The van der Waals surface area contributed by atoms with Crippen molar-refractivity contribution in [3.8, 4) is 0 Å². The second-order valence-corrected chi connectivity index (χ2v) is 7.58. The van der Waals surface area contributed by atoms with E-state index in [0.717, 1.165) is 32.2 Å². The summed E-state index contributed by atoms with van der Waals surface area (Å²) in [4.78, 5) is 0. The normalized spacial score (nSPS) is 16.5. The molecule has 0 aromatic carbocycles. The highest BCUT2D eigenvalue weighted by Gasteiger charge is 2.23. The Labute approximate surface area is 118 Å². The van der Waals surface area contributed by atoms with Gasteiger partial charge < -0.3 is 5.32 Å². The van der Waals surface area contributed by atoms with Crippen molar-refractivity contribution >= 4 is 10.2 Å². The van der Waals surface area contributed by atoms with Crippen LogP contribution >= 0.6 is 0 Å². The molecule has 1 N–H and O–H groups in total. The number of hydrogen-bond acceptors (Lipinski definition) is 3. The van der Waals surface area contributed by atoms with E-state index in [1.807, 2.05) is 0 Å². The fourth-order valence-corrected chi connectivity index (χ4v) is 3.14. The lowest BCUT2D eigenvalue weighted by atomic mass is 10.2. The maximum atomic E-state index is 12.2. The number of nitrogens with zero attached hydrogens (tertiary/aromatic N) is 2. The quantitative estimate of drug-likeness (QED) is 0.586. The first-order chi connectivity index (χ1) is 8.98. The predicted octanol–water partition coefficient (Wildman–Crippen LogP) is 1.43. The molecular formula is C13H29N3O2S. The molecule has 1 rings (SSSR count). The third-order valence-electron chi connectivity index (χ3n) is 3.52. The Balaban J connectivity index is 2.23. The standard InChI is InChI=1S/C13H29N3O2S/c1-4-5-6-11-15(2)19(17,18)16(3)12-7-10-14-13-8-9-13/h13-14H,4-12H2,1-3H3. The van der Waals surface area contributed by atoms with Gasteiger partial charge in [0.1, 0.15) is 0 Å². The lowest BCUT2D eigenvalue weighted by Gasteiger charge is -2.24. The van der Waals surface area contributed by atoms with Crippen LogP contribution in [0, 0.1) is 0 Å². The molecule has 0 amide bonds. The lowest BCUT2D eigenvalue weighted by Crippen LogP contribution is -2.41. The summed E-state index contributed by atoms with van der Waals surface area (Å²) in [6, 6.07) is 0.693. The van der Waals surface area contributed by atoms with Gasteiger partial charge in [0.15, 0.2) is 0 Å². The summed E-state index contributed by atoms with van der Waals surface area (Å²) in [5, 5.41) is 3.40. The zero-order chi connectivity index (χ0) is 14.3. The zero-order valence-electron chi connectivity index (χ0n) is 12.6. The minimum absolute atomic E-state index is 0.584. The van der Waals surface area contributed by atoms with Gasteiger partial charge in [-0.3, -0.25) is 0 Å². The number of unbranched alkanes of at least 4 members (excludes halogenated alkanes) is 2. The third kappa shape index (κ3) is 6.21. The molecule has 0 aromatic rings. The van der Waals surface area contributed by atoms with E-state index in [1.54, 1.807) is 14.1 Å². The summed E-state index contributed by atoms with van der Waals surface area (Å²) in [6.45, 7) is 4.22. The van der Waals surface area contributed by atoms with Gasteiger partial charge in [0, 0.05) is 33.2 Å². The molecular weight excluding hydrogens is 262 g/mol. The fourth-order valence-electron chi connectivity index (χ4n) is 1.95. The van der Waals surface area contributed by atoms with E-state index < -0.39 is 10.2 Å². The van der Waals surface area contributed by atoms with Gasteiger partial charge >= 0.3 is 0 Å². The maximum Gasteiger partial charge on any atom is 0.281 e. The lowest BCUT2D eigenvalue weighted by molar-refractivity contribution is 0.381. The molecule has 0 heterocycles. The molecule has 1 aliphatic carbocycles. The van der Waals surface area contributed by atoms with Crippen molar-refractivity contribution in [2.24, 2.45) is 0 Å². The van der Waals surface area contributed by atoms with Crippen LogP contribution in [0.25, 0.3) is 0 Å². The zero-order valence-corrected chi connectivity index (χ0v) is 13.4. The van der Waals surface area contributed by atoms with E-state index in [1.165, 1.54) is 21.5 Å². The average molecular weight is 291 g/mol. The van der Waals surface area contributed by atoms with E-state index >= 15 is 0 Å². The van der Waals surface area contributed by atoms with Crippen LogP contribution < -0.4 is 5.32 Å². The highest BCUT2D eigenvalue weighted by molar-refractivity contribution is 7.86. The molecule has 1 fully saturated rings. The molecule has 1 saturated carbocycles. The van der Waals surface area contributed by atoms with Crippen LogP contribution in [0.4, 0.5) is 0 Å². The minimum atomic E-state index is -3.27. The predicted molar refractivity (Wildman–Crippen MR) is 79.3 cm³/mol. The summed E-state index contributed by atoms with van der Waals surface area (Å²) in [5.74, 6) is 0. The van der Waals surface area contributed by atoms with Gasteiger partial charge in [0.2, 0.25) is 0 Å². The highest BCUT2D eigenvalue weighted by atomic mass is 32.2. The summed E-state index contributed by atoms with van der Waals surface area (Å²) in [6.07, 6.45) is 6.53. The van der Waals surface area contributed by atoms with E-state index in [9.17, 15) is 8.42 Å². The van der Waals surface area contributed by atoms with E-state index in [-0.39, 0.29) is 0 Å². The Morgan fingerprint density at radius 1 is 1.05 bits per heavy atom. The molecule has 0 saturated heterocycles. The summed E-state index contributed by atoms with van der Waals surface area (Å²) in [7, 11) is 0.0744. The minimum Gasteiger partial charge on any atom is -0.314 e. The maximum absolute atomic E-state index is 12.2. The van der Waals surface area contributed by atoms with Crippen LogP contribution in [0.5, 0.6) is 0 Å². The SMILES string of the molecule is CCCCCN(C)S(=O)(=O)N(C)CCCNC1CC1. The Kier molecular flexibility index (Phi) is 7.28. The van der Waals surface area contributed by atoms with Gasteiger partial charge in [-0.25, -0.2) is 0 Å². The first-order valence-electron chi connectivity index (χ1n) is 7.39. The van der Waals surface area contributed by atoms with Crippen molar-refractivity contribution in [3.63, 3.8) is 0 Å². The number of nitrogens with one attached hydrogen (secondary N) is 1.